The van der Waals surface area contributed by atoms with E-state index in [1.165, 1.54) is 12.7 Å². The van der Waals surface area contributed by atoms with Gasteiger partial charge in [-0.1, -0.05) is 0 Å². The molecule has 0 N–H and O–H groups in total. The summed E-state index contributed by atoms with van der Waals surface area (Å²) >= 11 is 0. The van der Waals surface area contributed by atoms with Gasteiger partial charge in [-0.05, 0) is 13.8 Å². The Labute approximate surface area is 80.5 Å². The summed E-state index contributed by atoms with van der Waals surface area (Å²) in [4.78, 5) is 8.05. The molecule has 70 valence electrons. The minimum Gasteiger partial charge on any atom is -0.237 e. The van der Waals surface area contributed by atoms with Crippen LogP contribution in [-0.2, 0) is 0 Å². The van der Waals surface area contributed by atoms with Crippen molar-refractivity contribution in [1.29, 1.82) is 0 Å². The molecule has 6 nitrogen and oxygen atoms in total. The molecule has 2 aromatic rings. The predicted molar refractivity (Wildman–Crippen MR) is 48.1 cm³/mol. The van der Waals surface area contributed by atoms with Gasteiger partial charge in [0.2, 0.25) is 0 Å². The molecule has 2 heterocycles. The minimum absolute atomic E-state index is 0.630. The van der Waals surface area contributed by atoms with Crippen LogP contribution in [0.1, 0.15) is 11.4 Å². The zero-order chi connectivity index (χ0) is 9.97. The molecule has 0 aliphatic rings. The van der Waals surface area contributed by atoms with Crippen molar-refractivity contribution in [1.82, 2.24) is 30.4 Å². The van der Waals surface area contributed by atoms with Crippen LogP contribution in [0.25, 0.3) is 11.4 Å². The molecule has 0 spiro atoms. The van der Waals surface area contributed by atoms with Crippen LogP contribution in [0, 0.1) is 13.8 Å². The third-order valence-electron chi connectivity index (χ3n) is 1.83. The molecular formula is C8H8N6. The second-order valence-electron chi connectivity index (χ2n) is 2.79. The number of hydrogen-bond donors (Lipinski definition) is 0. The molecule has 2 aromatic heterocycles. The number of nitrogens with zero attached hydrogens (tertiary/aromatic N) is 6. The van der Waals surface area contributed by atoms with Gasteiger partial charge in [0.05, 0.1) is 11.4 Å². The van der Waals surface area contributed by atoms with Crippen molar-refractivity contribution in [2.45, 2.75) is 13.8 Å². The summed E-state index contributed by atoms with van der Waals surface area (Å²) in [6.07, 6.45) is 2.80. The van der Waals surface area contributed by atoms with Crippen molar-refractivity contribution in [3.8, 4) is 11.4 Å². The number of aryl methyl sites for hydroxylation is 2. The van der Waals surface area contributed by atoms with E-state index in [4.69, 9.17) is 0 Å². The SMILES string of the molecule is Cc1ncnnc1-c1nncnc1C. The van der Waals surface area contributed by atoms with Crippen LogP contribution >= 0.6 is 0 Å². The Morgan fingerprint density at radius 1 is 0.786 bits per heavy atom. The molecule has 0 aliphatic carbocycles. The molecule has 0 aromatic carbocycles. The summed E-state index contributed by atoms with van der Waals surface area (Å²) in [5, 5.41) is 15.3. The fraction of sp³-hybridized carbons (Fsp3) is 0.250. The summed E-state index contributed by atoms with van der Waals surface area (Å²) in [5.41, 5.74) is 2.80. The Morgan fingerprint density at radius 3 is 1.57 bits per heavy atom. The van der Waals surface area contributed by atoms with Crippen molar-refractivity contribution < 1.29 is 0 Å². The Bertz CT molecular complexity index is 412. The van der Waals surface area contributed by atoms with Crippen LogP contribution < -0.4 is 0 Å². The van der Waals surface area contributed by atoms with E-state index in [9.17, 15) is 0 Å². The van der Waals surface area contributed by atoms with E-state index in [0.717, 1.165) is 11.4 Å². The van der Waals surface area contributed by atoms with E-state index < -0.39 is 0 Å². The zero-order valence-corrected chi connectivity index (χ0v) is 7.84. The van der Waals surface area contributed by atoms with Crippen LogP contribution in [0.4, 0.5) is 0 Å². The first-order chi connectivity index (χ1) is 6.79. The molecule has 14 heavy (non-hydrogen) atoms. The van der Waals surface area contributed by atoms with Crippen molar-refractivity contribution in [2.24, 2.45) is 0 Å². The Balaban J connectivity index is 2.61. The van der Waals surface area contributed by atoms with E-state index in [1.54, 1.807) is 0 Å². The van der Waals surface area contributed by atoms with Crippen LogP contribution in [0.15, 0.2) is 12.7 Å². The monoisotopic (exact) mass is 188 g/mol. The van der Waals surface area contributed by atoms with Gasteiger partial charge in [-0.25, -0.2) is 9.97 Å². The zero-order valence-electron chi connectivity index (χ0n) is 7.84. The second-order valence-corrected chi connectivity index (χ2v) is 2.79. The van der Waals surface area contributed by atoms with Crippen molar-refractivity contribution in [3.63, 3.8) is 0 Å². The largest absolute Gasteiger partial charge is 0.237 e. The Hall–Kier alpha value is -1.98. The number of hydrogen-bond acceptors (Lipinski definition) is 6. The molecule has 0 unspecified atom stereocenters. The van der Waals surface area contributed by atoms with Gasteiger partial charge < -0.3 is 0 Å². The molecule has 0 aliphatic heterocycles. The van der Waals surface area contributed by atoms with Gasteiger partial charge in [0.25, 0.3) is 0 Å². The summed E-state index contributed by atoms with van der Waals surface area (Å²) in [7, 11) is 0. The van der Waals surface area contributed by atoms with Crippen molar-refractivity contribution in [3.05, 3.63) is 24.0 Å². The van der Waals surface area contributed by atoms with Gasteiger partial charge in [0, 0.05) is 0 Å². The first-order valence-electron chi connectivity index (χ1n) is 4.08. The van der Waals surface area contributed by atoms with Gasteiger partial charge in [-0.2, -0.15) is 0 Å². The summed E-state index contributed by atoms with van der Waals surface area (Å²) in [5.74, 6) is 0. The molecule has 0 fully saturated rings. The first-order valence-corrected chi connectivity index (χ1v) is 4.08. The molecule has 0 amide bonds. The van der Waals surface area contributed by atoms with Crippen LogP contribution in [-0.4, -0.2) is 30.4 Å². The molecule has 0 radical (unpaired) electrons. The molecule has 2 rings (SSSR count). The Kier molecular flexibility index (Phi) is 2.10. The maximum atomic E-state index is 4.03. The standard InChI is InChI=1S/C8H8N6/c1-5-7(13-11-3-9-5)8-6(2)10-4-12-14-8/h3-4H,1-2H3. The van der Waals surface area contributed by atoms with Gasteiger partial charge in [-0.15, -0.1) is 20.4 Å². The number of aromatic nitrogens is 6. The molecule has 0 saturated carbocycles. The summed E-state index contributed by atoms with van der Waals surface area (Å²) < 4.78 is 0. The van der Waals surface area contributed by atoms with Crippen LogP contribution in [0.2, 0.25) is 0 Å². The molecular weight excluding hydrogens is 180 g/mol. The fourth-order valence-electron chi connectivity index (χ4n) is 1.10. The van der Waals surface area contributed by atoms with Crippen molar-refractivity contribution in [2.75, 3.05) is 0 Å². The van der Waals surface area contributed by atoms with Gasteiger partial charge in [0.1, 0.15) is 24.0 Å². The smallest absolute Gasteiger partial charge is 0.138 e. The highest BCUT2D eigenvalue weighted by molar-refractivity contribution is 5.57. The maximum absolute atomic E-state index is 4.03. The van der Waals surface area contributed by atoms with Crippen molar-refractivity contribution >= 4 is 0 Å². The van der Waals surface area contributed by atoms with E-state index in [0.29, 0.717) is 11.4 Å². The van der Waals surface area contributed by atoms with Gasteiger partial charge >= 0.3 is 0 Å². The molecule has 0 atom stereocenters. The summed E-state index contributed by atoms with van der Waals surface area (Å²) in [6, 6.07) is 0. The number of rotatable bonds is 1. The topological polar surface area (TPSA) is 77.3 Å². The summed E-state index contributed by atoms with van der Waals surface area (Å²) in [6.45, 7) is 3.69. The normalized spacial score (nSPS) is 10.1. The average Bonchev–Trinajstić information content (AvgIpc) is 2.20. The second kappa shape index (κ2) is 3.41. The van der Waals surface area contributed by atoms with E-state index in [2.05, 4.69) is 30.4 Å². The predicted octanol–water partition coefficient (Wildman–Crippen LogP) is 0.340. The maximum Gasteiger partial charge on any atom is 0.138 e. The highest BCUT2D eigenvalue weighted by atomic mass is 15.2. The quantitative estimate of drug-likeness (QED) is 0.642. The third-order valence-corrected chi connectivity index (χ3v) is 1.83. The lowest BCUT2D eigenvalue weighted by atomic mass is 10.2. The van der Waals surface area contributed by atoms with Gasteiger partial charge in [0.15, 0.2) is 0 Å². The van der Waals surface area contributed by atoms with Gasteiger partial charge in [-0.3, -0.25) is 0 Å². The lowest BCUT2D eigenvalue weighted by Crippen LogP contribution is -2.00. The Morgan fingerprint density at radius 2 is 1.21 bits per heavy atom. The lowest BCUT2D eigenvalue weighted by molar-refractivity contribution is 0.898. The third kappa shape index (κ3) is 1.41. The highest BCUT2D eigenvalue weighted by Gasteiger charge is 2.10. The lowest BCUT2D eigenvalue weighted by Gasteiger charge is -2.01. The van der Waals surface area contributed by atoms with Crippen LogP contribution in [0.3, 0.4) is 0 Å². The minimum atomic E-state index is 0.630. The highest BCUT2D eigenvalue weighted by Crippen LogP contribution is 2.16. The van der Waals surface area contributed by atoms with E-state index in [-0.39, 0.29) is 0 Å². The van der Waals surface area contributed by atoms with Crippen LogP contribution in [0.5, 0.6) is 0 Å². The molecule has 0 saturated heterocycles. The first kappa shape index (κ1) is 8.61. The molecule has 6 heteroatoms. The fourth-order valence-corrected chi connectivity index (χ4v) is 1.10. The molecule has 0 bridgehead atoms. The average molecular weight is 188 g/mol. The van der Waals surface area contributed by atoms with E-state index >= 15 is 0 Å². The van der Waals surface area contributed by atoms with E-state index in [1.807, 2.05) is 13.8 Å².